The van der Waals surface area contributed by atoms with Crippen LogP contribution in [0.3, 0.4) is 0 Å². The molecule has 3 aromatic carbocycles. The van der Waals surface area contributed by atoms with Gasteiger partial charge >= 0.3 is 0 Å². The smallest absolute Gasteiger partial charge is 0.246 e. The van der Waals surface area contributed by atoms with E-state index in [2.05, 4.69) is 23.8 Å². The summed E-state index contributed by atoms with van der Waals surface area (Å²) in [5.41, 5.74) is 9.50. The van der Waals surface area contributed by atoms with E-state index < -0.39 is 11.4 Å². The van der Waals surface area contributed by atoms with Gasteiger partial charge in [-0.1, -0.05) is 24.8 Å². The molecule has 5 aliphatic rings. The number of benzene rings is 3. The minimum atomic E-state index is -1.19. The summed E-state index contributed by atoms with van der Waals surface area (Å²) in [6.45, 7) is 10.6. The molecular formula is C73H65F2N9O8S2. The van der Waals surface area contributed by atoms with Crippen molar-refractivity contribution in [2.45, 2.75) is 64.3 Å². The van der Waals surface area contributed by atoms with Gasteiger partial charge in [-0.05, 0) is 117 Å². The Morgan fingerprint density at radius 2 is 1.65 bits per heavy atom. The lowest BCUT2D eigenvalue weighted by Gasteiger charge is -2.38. The number of carbonyl (C=O) groups excluding carboxylic acids is 2. The van der Waals surface area contributed by atoms with Crippen molar-refractivity contribution in [3.05, 3.63) is 190 Å². The van der Waals surface area contributed by atoms with E-state index in [4.69, 9.17) is 48.5 Å². The summed E-state index contributed by atoms with van der Waals surface area (Å²) < 4.78 is 75.0. The number of nitrogens with zero attached hydrogens (tertiary/aromatic N) is 9. The fraction of sp³-hybridized carbons (Fsp3) is 0.274. The highest BCUT2D eigenvalue weighted by atomic mass is 32.1. The summed E-state index contributed by atoms with van der Waals surface area (Å²) >= 11 is 3.03. The van der Waals surface area contributed by atoms with Crippen LogP contribution in [0, 0.1) is 5.82 Å². The van der Waals surface area contributed by atoms with E-state index in [1.807, 2.05) is 114 Å². The molecule has 2 atom stereocenters. The molecule has 0 spiro atoms. The normalized spacial score (nSPS) is 19.5. The van der Waals surface area contributed by atoms with E-state index in [0.29, 0.717) is 110 Å². The standard InChI is InChI=1S/C73H65F2N9O8S2/c1-5-64(85)83-22-23-84-59(44(83)3)38-58(80-84)69-66-51-16-14-48(75)35-62(51)91-30-29-87-24-8-9-26-90-63-39-60-45(40-77-81(60)4)34-54(63)68(78-69)55-37-50(94-71(55)66)15-17-65(86)82-21-18-57-46(42-82)33-47(41-76-57)73-20-28-88-49(32-43(2)74)36-56-70-53(19-31-93-70)67(79-72(56)73)52-12-6-7-13-61(52)89-25-10-11-27-92-73/h5-9,12-17,19,31-41,44H,1,10-11,18,20-30,42H2,2-4H3/b9-8+,17-15+,43-32+,49-36-/t44-,73?/m1/s1. The highest BCUT2D eigenvalue weighted by Gasteiger charge is 2.43. The van der Waals surface area contributed by atoms with Gasteiger partial charge in [0.05, 0.1) is 73.5 Å². The van der Waals surface area contributed by atoms with Crippen LogP contribution in [-0.4, -0.2) is 115 Å². The Balaban J connectivity index is 0.849. The second kappa shape index (κ2) is 25.3. The molecule has 7 aromatic heterocycles. The number of pyridine rings is 3. The van der Waals surface area contributed by atoms with Crippen molar-refractivity contribution >= 4 is 77.7 Å². The Bertz CT molecular complexity index is 4830. The van der Waals surface area contributed by atoms with Crippen LogP contribution in [0.25, 0.3) is 88.3 Å². The van der Waals surface area contributed by atoms with Crippen molar-refractivity contribution in [1.29, 1.82) is 0 Å². The number of rotatable bonds is 6. The molecule has 94 heavy (non-hydrogen) atoms. The molecule has 21 heteroatoms. The molecule has 0 aliphatic carbocycles. The molecule has 1 unspecified atom stereocenters. The third kappa shape index (κ3) is 11.2. The third-order valence-electron chi connectivity index (χ3n) is 18.0. The van der Waals surface area contributed by atoms with Gasteiger partial charge in [0, 0.05) is 146 Å². The molecule has 15 rings (SSSR count). The maximum atomic E-state index is 15.6. The van der Waals surface area contributed by atoms with E-state index in [9.17, 15) is 14.0 Å². The van der Waals surface area contributed by atoms with Gasteiger partial charge in [-0.2, -0.15) is 10.2 Å². The second-order valence-corrected chi connectivity index (χ2v) is 25.8. The summed E-state index contributed by atoms with van der Waals surface area (Å²) in [7, 11) is 1.88. The molecule has 17 nitrogen and oxygen atoms in total. The van der Waals surface area contributed by atoms with Crippen molar-refractivity contribution in [1.82, 2.24) is 44.3 Å². The molecule has 476 valence electrons. The van der Waals surface area contributed by atoms with Gasteiger partial charge in [0.15, 0.2) is 0 Å². The fourth-order valence-electron chi connectivity index (χ4n) is 13.4. The van der Waals surface area contributed by atoms with Crippen LogP contribution >= 0.6 is 22.7 Å². The average molecular weight is 1300 g/mol. The van der Waals surface area contributed by atoms with Gasteiger partial charge in [-0.3, -0.25) is 23.9 Å². The topological polar surface area (TPSA) is 170 Å². The van der Waals surface area contributed by atoms with Crippen LogP contribution in [0.5, 0.6) is 17.2 Å². The number of halogens is 2. The monoisotopic (exact) mass is 1300 g/mol. The lowest BCUT2D eigenvalue weighted by molar-refractivity contribution is -0.129. The van der Waals surface area contributed by atoms with Crippen LogP contribution in [0.15, 0.2) is 145 Å². The largest absolute Gasteiger partial charge is 0.493 e. The molecule has 5 aliphatic heterocycles. The van der Waals surface area contributed by atoms with Crippen molar-refractivity contribution < 1.29 is 46.8 Å². The number of amides is 2. The lowest BCUT2D eigenvalue weighted by atomic mass is 9.82. The number of ether oxygens (including phenoxy) is 6. The zero-order valence-electron chi connectivity index (χ0n) is 52.0. The number of thiophene rings is 2. The highest BCUT2D eigenvalue weighted by Crippen LogP contribution is 2.51. The molecule has 0 radical (unpaired) electrons. The third-order valence-corrected chi connectivity index (χ3v) is 20.1. The number of carbonyl (C=O) groups is 2. The van der Waals surface area contributed by atoms with Gasteiger partial charge in [-0.15, -0.1) is 22.7 Å². The molecule has 0 fully saturated rings. The van der Waals surface area contributed by atoms with Crippen molar-refractivity contribution in [2.75, 3.05) is 59.3 Å². The Kier molecular flexibility index (Phi) is 16.3. The van der Waals surface area contributed by atoms with Crippen LogP contribution in [-0.2, 0) is 56.0 Å². The molecule has 4 bridgehead atoms. The second-order valence-electron chi connectivity index (χ2n) is 23.8. The van der Waals surface area contributed by atoms with Crippen LogP contribution in [0.1, 0.15) is 77.8 Å². The molecule has 0 saturated heterocycles. The van der Waals surface area contributed by atoms with Gasteiger partial charge in [-0.25, -0.2) is 18.7 Å². The van der Waals surface area contributed by atoms with E-state index in [-0.39, 0.29) is 62.4 Å². The summed E-state index contributed by atoms with van der Waals surface area (Å²) in [6, 6.07) is 24.3. The first kappa shape index (κ1) is 60.6. The maximum absolute atomic E-state index is 15.6. The van der Waals surface area contributed by atoms with E-state index in [0.717, 1.165) is 87.5 Å². The zero-order valence-corrected chi connectivity index (χ0v) is 53.7. The number of hydrogen-bond donors (Lipinski definition) is 0. The number of fused-ring (bicyclic) bond motifs is 13. The summed E-state index contributed by atoms with van der Waals surface area (Å²) in [5, 5.41) is 14.4. The van der Waals surface area contributed by atoms with Crippen molar-refractivity contribution in [3.8, 4) is 62.3 Å². The van der Waals surface area contributed by atoms with Crippen LogP contribution in [0.4, 0.5) is 8.78 Å². The van der Waals surface area contributed by atoms with Crippen LogP contribution in [0.2, 0.25) is 0 Å². The SMILES string of the molecule is C=CC(=O)N1CCn2nc(-c3nc4c5cc(/C=C/C(=O)N6CCc7ncc(C89CCOC(/C=C(\C)F)=C\c%10c8nc(c8ccsc%108)-c8ccccc8OCCCCO9)cc7C6)sc5c3-c3ccc(F)cc3OCCOC/C=C/COc3cc5c(cnn5C)cc3-4)cc2[C@H]1C. The Morgan fingerprint density at radius 1 is 0.798 bits per heavy atom. The Morgan fingerprint density at radius 3 is 2.54 bits per heavy atom. The lowest BCUT2D eigenvalue weighted by Crippen LogP contribution is -2.40. The van der Waals surface area contributed by atoms with Gasteiger partial charge in [0.2, 0.25) is 11.8 Å². The molecule has 12 heterocycles. The number of para-hydroxylation sites is 1. The van der Waals surface area contributed by atoms with Gasteiger partial charge in [0.1, 0.15) is 64.9 Å². The van der Waals surface area contributed by atoms with Crippen molar-refractivity contribution in [2.24, 2.45) is 7.05 Å². The number of aromatic nitrogens is 7. The molecule has 0 N–H and O–H groups in total. The fourth-order valence-corrected chi connectivity index (χ4v) is 15.5. The Hall–Kier alpha value is -9.67. The summed E-state index contributed by atoms with van der Waals surface area (Å²) in [5.74, 6) is 0.695. The number of hydrogen-bond acceptors (Lipinski definition) is 15. The molecule has 10 aromatic rings. The van der Waals surface area contributed by atoms with E-state index in [1.165, 1.54) is 42.5 Å². The summed E-state index contributed by atoms with van der Waals surface area (Å²) in [6.07, 6.45) is 17.8. The highest BCUT2D eigenvalue weighted by molar-refractivity contribution is 7.20. The average Bonchev–Trinajstić information content (AvgIpc) is 1.31. The maximum Gasteiger partial charge on any atom is 0.246 e. The minimum absolute atomic E-state index is 0.123. The van der Waals surface area contributed by atoms with Crippen LogP contribution < -0.4 is 14.2 Å². The molecular weight excluding hydrogens is 1230 g/mol. The predicted octanol–water partition coefficient (Wildman–Crippen LogP) is 14.3. The number of allylic oxidation sites excluding steroid dienone is 2. The summed E-state index contributed by atoms with van der Waals surface area (Å²) in [4.78, 5) is 48.9. The molecule has 0 saturated carbocycles. The van der Waals surface area contributed by atoms with Gasteiger partial charge in [0.25, 0.3) is 0 Å². The zero-order chi connectivity index (χ0) is 64.2. The first-order valence-electron chi connectivity index (χ1n) is 31.5. The first-order valence-corrected chi connectivity index (χ1v) is 33.2. The van der Waals surface area contributed by atoms with E-state index >= 15 is 4.39 Å². The minimum Gasteiger partial charge on any atom is -0.493 e. The number of aryl methyl sites for hydroxylation is 1. The van der Waals surface area contributed by atoms with Crippen molar-refractivity contribution in [3.63, 3.8) is 0 Å². The quantitative estimate of drug-likeness (QED) is 0.114. The van der Waals surface area contributed by atoms with E-state index in [1.54, 1.807) is 33.1 Å². The predicted molar refractivity (Wildman–Crippen MR) is 360 cm³/mol. The molecule has 2 amide bonds. The Labute approximate surface area is 548 Å². The van der Waals surface area contributed by atoms with Gasteiger partial charge < -0.3 is 38.2 Å². The first-order chi connectivity index (χ1) is 45.9.